The van der Waals surface area contributed by atoms with Crippen molar-refractivity contribution in [2.24, 2.45) is 11.8 Å². The largest absolute Gasteiger partial charge is 0.301 e. The fourth-order valence-electron chi connectivity index (χ4n) is 3.65. The molecule has 0 N–H and O–H groups in total. The quantitative estimate of drug-likeness (QED) is 0.737. The van der Waals surface area contributed by atoms with Gasteiger partial charge in [0, 0.05) is 45.3 Å². The molecule has 0 spiro atoms. The van der Waals surface area contributed by atoms with Crippen LogP contribution in [0.5, 0.6) is 0 Å². The molecule has 2 atom stereocenters. The Morgan fingerprint density at radius 3 is 2.47 bits per heavy atom. The molecule has 0 aromatic rings. The Labute approximate surface area is 116 Å². The first-order chi connectivity index (χ1) is 8.20. The van der Waals surface area contributed by atoms with Crippen molar-refractivity contribution < 1.29 is 0 Å². The lowest BCUT2D eigenvalue weighted by Crippen LogP contribution is -2.44. The Bertz CT molecular complexity index is 266. The molecule has 0 amide bonds. The molecule has 0 aliphatic carbocycles. The molecule has 17 heavy (non-hydrogen) atoms. The van der Waals surface area contributed by atoms with Gasteiger partial charge in [0.05, 0.1) is 0 Å². The van der Waals surface area contributed by atoms with Crippen LogP contribution in [0.15, 0.2) is 0 Å². The van der Waals surface area contributed by atoms with Crippen molar-refractivity contribution in [2.75, 3.05) is 39.3 Å². The molecule has 5 heteroatoms. The Balaban J connectivity index is 1.50. The van der Waals surface area contributed by atoms with Crippen LogP contribution in [-0.2, 0) is 0 Å². The van der Waals surface area contributed by atoms with E-state index in [1.54, 1.807) is 0 Å². The van der Waals surface area contributed by atoms with E-state index >= 15 is 0 Å². The van der Waals surface area contributed by atoms with Crippen LogP contribution in [0, 0.1) is 11.8 Å². The maximum absolute atomic E-state index is 4.58. The van der Waals surface area contributed by atoms with E-state index in [-0.39, 0.29) is 0 Å². The highest BCUT2D eigenvalue weighted by Crippen LogP contribution is 2.31. The van der Waals surface area contributed by atoms with E-state index in [2.05, 4.69) is 39.1 Å². The third-order valence-corrected chi connectivity index (χ3v) is 5.45. The minimum absolute atomic E-state index is 0.710. The number of nitrogens with zero attached hydrogens (tertiary/aromatic N) is 3. The summed E-state index contributed by atoms with van der Waals surface area (Å²) in [6.45, 7) is 7.35. The SMILES string of the molecule is SN1CCC(CN2CC3CC(C2)N(S)C3)CC1. The number of thiol groups is 2. The number of likely N-dealkylation sites (tertiary alicyclic amines) is 1. The molecule has 2 unspecified atom stereocenters. The summed E-state index contributed by atoms with van der Waals surface area (Å²) in [5, 5.41) is 0. The normalized spacial score (nSPS) is 37.8. The fourth-order valence-corrected chi connectivity index (χ4v) is 4.28. The summed E-state index contributed by atoms with van der Waals surface area (Å²) >= 11 is 9.00. The average Bonchev–Trinajstić information content (AvgIpc) is 2.56. The summed E-state index contributed by atoms with van der Waals surface area (Å²) in [4.78, 5) is 2.69. The van der Waals surface area contributed by atoms with E-state index in [0.717, 1.165) is 24.9 Å². The van der Waals surface area contributed by atoms with Gasteiger partial charge in [-0.25, -0.2) is 4.31 Å². The molecule has 98 valence electrons. The number of hydrogen-bond acceptors (Lipinski definition) is 5. The molecule has 3 saturated heterocycles. The number of rotatable bonds is 2. The predicted molar refractivity (Wildman–Crippen MR) is 77.3 cm³/mol. The Morgan fingerprint density at radius 2 is 1.76 bits per heavy atom. The second-order valence-corrected chi connectivity index (χ2v) is 7.07. The second-order valence-electron chi connectivity index (χ2n) is 5.99. The molecule has 3 aliphatic heterocycles. The van der Waals surface area contributed by atoms with Crippen molar-refractivity contribution >= 4 is 25.6 Å². The van der Waals surface area contributed by atoms with Crippen molar-refractivity contribution in [3.63, 3.8) is 0 Å². The predicted octanol–water partition coefficient (Wildman–Crippen LogP) is 1.39. The average molecular weight is 273 g/mol. The van der Waals surface area contributed by atoms with Crippen molar-refractivity contribution in [1.29, 1.82) is 0 Å². The standard InChI is InChI=1S/C12H23N3S2/c16-14-3-1-10(2-4-14)6-13-7-11-5-12(9-13)15(17)8-11/h10-12,16-17H,1-9H2. The fraction of sp³-hybridized carbons (Fsp3) is 1.00. The third-order valence-electron chi connectivity index (χ3n) is 4.56. The van der Waals surface area contributed by atoms with Crippen LogP contribution < -0.4 is 0 Å². The van der Waals surface area contributed by atoms with Crippen LogP contribution >= 0.6 is 25.6 Å². The molecular formula is C12H23N3S2. The van der Waals surface area contributed by atoms with Crippen molar-refractivity contribution in [1.82, 2.24) is 13.5 Å². The monoisotopic (exact) mass is 273 g/mol. The lowest BCUT2D eigenvalue weighted by molar-refractivity contribution is 0.139. The van der Waals surface area contributed by atoms with Gasteiger partial charge in [-0.2, -0.15) is 0 Å². The molecule has 2 bridgehead atoms. The van der Waals surface area contributed by atoms with Gasteiger partial charge in [0.1, 0.15) is 0 Å². The van der Waals surface area contributed by atoms with Gasteiger partial charge < -0.3 is 4.90 Å². The smallest absolute Gasteiger partial charge is 0.0331 e. The summed E-state index contributed by atoms with van der Waals surface area (Å²) < 4.78 is 4.42. The maximum Gasteiger partial charge on any atom is 0.0331 e. The van der Waals surface area contributed by atoms with E-state index in [9.17, 15) is 0 Å². The maximum atomic E-state index is 4.58. The highest BCUT2D eigenvalue weighted by molar-refractivity contribution is 7.77. The molecule has 0 aromatic heterocycles. The van der Waals surface area contributed by atoms with Crippen LogP contribution in [0.2, 0.25) is 0 Å². The molecule has 3 heterocycles. The van der Waals surface area contributed by atoms with Gasteiger partial charge in [0.15, 0.2) is 0 Å². The lowest BCUT2D eigenvalue weighted by atomic mass is 9.94. The summed E-state index contributed by atoms with van der Waals surface area (Å²) in [6.07, 6.45) is 4.01. The molecule has 3 nitrogen and oxygen atoms in total. The van der Waals surface area contributed by atoms with Crippen molar-refractivity contribution in [3.05, 3.63) is 0 Å². The zero-order valence-corrected chi connectivity index (χ0v) is 12.1. The van der Waals surface area contributed by atoms with Crippen LogP contribution in [0.3, 0.4) is 0 Å². The molecule has 3 aliphatic rings. The van der Waals surface area contributed by atoms with E-state index in [1.807, 2.05) is 0 Å². The molecule has 0 saturated carbocycles. The van der Waals surface area contributed by atoms with E-state index in [4.69, 9.17) is 0 Å². The first-order valence-electron chi connectivity index (χ1n) is 6.82. The van der Waals surface area contributed by atoms with Crippen LogP contribution in [0.4, 0.5) is 0 Å². The van der Waals surface area contributed by atoms with Crippen LogP contribution in [0.25, 0.3) is 0 Å². The van der Waals surface area contributed by atoms with Gasteiger partial charge >= 0.3 is 0 Å². The zero-order valence-electron chi connectivity index (χ0n) is 10.3. The van der Waals surface area contributed by atoms with Gasteiger partial charge in [0.2, 0.25) is 0 Å². The van der Waals surface area contributed by atoms with Gasteiger partial charge in [-0.15, -0.1) is 0 Å². The summed E-state index contributed by atoms with van der Waals surface area (Å²) in [5.74, 6) is 1.76. The molecule has 3 rings (SSSR count). The summed E-state index contributed by atoms with van der Waals surface area (Å²) in [6, 6.07) is 0.710. The van der Waals surface area contributed by atoms with Crippen molar-refractivity contribution in [2.45, 2.75) is 25.3 Å². The Hall–Kier alpha value is 0.580. The van der Waals surface area contributed by atoms with Gasteiger partial charge in [-0.05, 0) is 31.1 Å². The number of hydrogen-bond donors (Lipinski definition) is 2. The van der Waals surface area contributed by atoms with Crippen LogP contribution in [0.1, 0.15) is 19.3 Å². The Morgan fingerprint density at radius 1 is 1.00 bits per heavy atom. The van der Waals surface area contributed by atoms with Gasteiger partial charge in [-0.3, -0.25) is 4.31 Å². The third kappa shape index (κ3) is 2.95. The van der Waals surface area contributed by atoms with Crippen molar-refractivity contribution in [3.8, 4) is 0 Å². The zero-order chi connectivity index (χ0) is 11.8. The molecule has 3 fully saturated rings. The molecule has 0 radical (unpaired) electrons. The summed E-state index contributed by atoms with van der Waals surface area (Å²) in [7, 11) is 0. The van der Waals surface area contributed by atoms with E-state index in [1.165, 1.54) is 45.4 Å². The molecule has 0 aromatic carbocycles. The summed E-state index contributed by atoms with van der Waals surface area (Å²) in [5.41, 5.74) is 0. The van der Waals surface area contributed by atoms with Crippen LogP contribution in [-0.4, -0.2) is 58.8 Å². The minimum Gasteiger partial charge on any atom is -0.301 e. The second kappa shape index (κ2) is 5.29. The lowest BCUT2D eigenvalue weighted by Gasteiger charge is -2.36. The first kappa shape index (κ1) is 12.6. The Kier molecular flexibility index (Phi) is 3.92. The van der Waals surface area contributed by atoms with Gasteiger partial charge in [-0.1, -0.05) is 25.6 Å². The van der Waals surface area contributed by atoms with E-state index in [0.29, 0.717) is 6.04 Å². The first-order valence-corrected chi connectivity index (χ1v) is 7.62. The number of fused-ring (bicyclic) bond motifs is 2. The minimum atomic E-state index is 0.710. The highest BCUT2D eigenvalue weighted by atomic mass is 32.1. The topological polar surface area (TPSA) is 9.72 Å². The molecular weight excluding hydrogens is 250 g/mol. The van der Waals surface area contributed by atoms with Gasteiger partial charge in [0.25, 0.3) is 0 Å². The number of piperidine rings is 2. The van der Waals surface area contributed by atoms with E-state index < -0.39 is 0 Å². The highest BCUT2D eigenvalue weighted by Gasteiger charge is 2.37.